The van der Waals surface area contributed by atoms with Gasteiger partial charge in [-0.05, 0) is 31.2 Å². The van der Waals surface area contributed by atoms with Crippen molar-refractivity contribution in [3.8, 4) is 0 Å². The highest BCUT2D eigenvalue weighted by Crippen LogP contribution is 2.32. The molecule has 2 aromatic rings. The van der Waals surface area contributed by atoms with Crippen LogP contribution < -0.4 is 0 Å². The van der Waals surface area contributed by atoms with Crippen molar-refractivity contribution in [1.82, 2.24) is 19.8 Å². The van der Waals surface area contributed by atoms with Crippen molar-refractivity contribution in [3.05, 3.63) is 59.2 Å². The average Bonchev–Trinajstić information content (AvgIpc) is 3.12. The van der Waals surface area contributed by atoms with Gasteiger partial charge in [0, 0.05) is 45.1 Å². The van der Waals surface area contributed by atoms with Crippen LogP contribution in [0.25, 0.3) is 0 Å². The number of likely N-dealkylation sites (tertiary alicyclic amines) is 2. The molecule has 4 rings (SSSR count). The maximum absolute atomic E-state index is 12.5. The molecule has 130 valence electrons. The van der Waals surface area contributed by atoms with Crippen LogP contribution >= 0.6 is 0 Å². The van der Waals surface area contributed by atoms with E-state index in [1.54, 1.807) is 18.6 Å². The predicted molar refractivity (Wildman–Crippen MR) is 96.1 cm³/mol. The number of nitrogens with zero attached hydrogens (tertiary/aromatic N) is 4. The number of benzene rings is 1. The summed E-state index contributed by atoms with van der Waals surface area (Å²) < 4.78 is 0. The minimum atomic E-state index is 0.0170. The Morgan fingerprint density at radius 2 is 1.72 bits per heavy atom. The molecule has 1 amide bonds. The first-order valence-electron chi connectivity index (χ1n) is 8.93. The molecule has 0 unspecified atom stereocenters. The van der Waals surface area contributed by atoms with Crippen LogP contribution in [0.2, 0.25) is 0 Å². The highest BCUT2D eigenvalue weighted by molar-refractivity contribution is 5.92. The van der Waals surface area contributed by atoms with Crippen molar-refractivity contribution in [2.75, 3.05) is 26.2 Å². The summed E-state index contributed by atoms with van der Waals surface area (Å²) >= 11 is 0. The zero-order chi connectivity index (χ0) is 17.4. The predicted octanol–water partition coefficient (Wildman–Crippen LogP) is 2.30. The van der Waals surface area contributed by atoms with E-state index in [1.165, 1.54) is 16.7 Å². The summed E-state index contributed by atoms with van der Waals surface area (Å²) in [6.45, 7) is 9.14. The van der Waals surface area contributed by atoms with Gasteiger partial charge in [0.2, 0.25) is 0 Å². The molecule has 2 fully saturated rings. The monoisotopic (exact) mass is 336 g/mol. The topological polar surface area (TPSA) is 49.3 Å². The largest absolute Gasteiger partial charge is 0.337 e. The number of fused-ring (bicyclic) bond motifs is 1. The Balaban J connectivity index is 1.37. The van der Waals surface area contributed by atoms with Gasteiger partial charge >= 0.3 is 0 Å². The smallest absolute Gasteiger partial charge is 0.274 e. The molecule has 0 spiro atoms. The van der Waals surface area contributed by atoms with E-state index in [0.717, 1.165) is 32.7 Å². The lowest BCUT2D eigenvalue weighted by atomic mass is 10.0. The molecule has 0 saturated carbocycles. The Morgan fingerprint density at radius 1 is 1.04 bits per heavy atom. The molecule has 25 heavy (non-hydrogen) atoms. The van der Waals surface area contributed by atoms with Gasteiger partial charge in [0.25, 0.3) is 5.91 Å². The molecule has 2 aliphatic heterocycles. The third-order valence-corrected chi connectivity index (χ3v) is 5.32. The third-order valence-electron chi connectivity index (χ3n) is 5.32. The Kier molecular flexibility index (Phi) is 4.25. The van der Waals surface area contributed by atoms with E-state index in [1.807, 2.05) is 4.90 Å². The molecule has 5 heteroatoms. The fourth-order valence-electron chi connectivity index (χ4n) is 4.38. The van der Waals surface area contributed by atoms with Gasteiger partial charge in [-0.2, -0.15) is 0 Å². The molecular weight excluding hydrogens is 312 g/mol. The number of aromatic nitrogens is 2. The second-order valence-corrected chi connectivity index (χ2v) is 7.51. The van der Waals surface area contributed by atoms with Crippen LogP contribution in [0.5, 0.6) is 0 Å². The lowest BCUT2D eigenvalue weighted by molar-refractivity contribution is 0.0767. The summed E-state index contributed by atoms with van der Waals surface area (Å²) in [5, 5.41) is 0. The minimum absolute atomic E-state index is 0.0170. The van der Waals surface area contributed by atoms with Crippen LogP contribution in [0.4, 0.5) is 0 Å². The second-order valence-electron chi connectivity index (χ2n) is 7.51. The van der Waals surface area contributed by atoms with Crippen molar-refractivity contribution >= 4 is 5.91 Å². The molecule has 1 aromatic heterocycles. The van der Waals surface area contributed by atoms with Crippen molar-refractivity contribution in [2.45, 2.75) is 20.4 Å². The molecule has 0 aliphatic carbocycles. The van der Waals surface area contributed by atoms with Crippen LogP contribution in [0.3, 0.4) is 0 Å². The molecule has 1 aromatic carbocycles. The number of amides is 1. The zero-order valence-corrected chi connectivity index (χ0v) is 14.9. The van der Waals surface area contributed by atoms with Gasteiger partial charge in [-0.1, -0.05) is 29.3 Å². The molecule has 0 bridgehead atoms. The summed E-state index contributed by atoms with van der Waals surface area (Å²) in [5.74, 6) is 1.17. The highest BCUT2D eigenvalue weighted by Gasteiger charge is 2.41. The van der Waals surface area contributed by atoms with Gasteiger partial charge in [0.15, 0.2) is 0 Å². The van der Waals surface area contributed by atoms with E-state index < -0.39 is 0 Å². The lowest BCUT2D eigenvalue weighted by Gasteiger charge is -2.21. The number of carbonyl (C=O) groups is 1. The Hall–Kier alpha value is -2.27. The molecule has 0 N–H and O–H groups in total. The van der Waals surface area contributed by atoms with Gasteiger partial charge in [-0.3, -0.25) is 14.7 Å². The third kappa shape index (κ3) is 3.42. The van der Waals surface area contributed by atoms with Crippen molar-refractivity contribution in [3.63, 3.8) is 0 Å². The summed E-state index contributed by atoms with van der Waals surface area (Å²) in [6, 6.07) is 6.79. The molecule has 2 saturated heterocycles. The number of aryl methyl sites for hydroxylation is 2. The van der Waals surface area contributed by atoms with E-state index in [0.29, 0.717) is 17.5 Å². The zero-order valence-electron chi connectivity index (χ0n) is 14.9. The van der Waals surface area contributed by atoms with E-state index >= 15 is 0 Å². The first-order chi connectivity index (χ1) is 12.1. The van der Waals surface area contributed by atoms with Gasteiger partial charge in [0.1, 0.15) is 5.69 Å². The Bertz CT molecular complexity index is 742. The molecule has 2 aliphatic rings. The number of rotatable bonds is 3. The van der Waals surface area contributed by atoms with E-state index in [4.69, 9.17) is 0 Å². The van der Waals surface area contributed by atoms with Crippen LogP contribution in [0, 0.1) is 25.7 Å². The quantitative estimate of drug-likeness (QED) is 0.863. The van der Waals surface area contributed by atoms with Crippen molar-refractivity contribution in [1.29, 1.82) is 0 Å². The maximum atomic E-state index is 12.5. The maximum Gasteiger partial charge on any atom is 0.274 e. The fraction of sp³-hybridized carbons (Fsp3) is 0.450. The molecule has 0 radical (unpaired) electrons. The van der Waals surface area contributed by atoms with Crippen LogP contribution in [-0.2, 0) is 6.54 Å². The standard InChI is InChI=1S/C20H24N4O/c1-14-5-15(2)7-16(6-14)9-23-10-17-12-24(13-18(17)11-23)20(25)19-8-21-3-4-22-19/h3-8,17-18H,9-13H2,1-2H3/t17-,18+. The SMILES string of the molecule is Cc1cc(C)cc(CN2C[C@@H]3CN(C(=O)c4cnccn4)C[C@@H]3C2)c1. The second kappa shape index (κ2) is 6.56. The molecule has 3 heterocycles. The van der Waals surface area contributed by atoms with E-state index in [9.17, 15) is 4.79 Å². The van der Waals surface area contributed by atoms with Crippen molar-refractivity contribution < 1.29 is 4.79 Å². The number of hydrogen-bond acceptors (Lipinski definition) is 4. The van der Waals surface area contributed by atoms with E-state index in [-0.39, 0.29) is 5.91 Å². The first-order valence-corrected chi connectivity index (χ1v) is 8.93. The van der Waals surface area contributed by atoms with Crippen LogP contribution in [-0.4, -0.2) is 51.9 Å². The number of hydrogen-bond donors (Lipinski definition) is 0. The van der Waals surface area contributed by atoms with Crippen LogP contribution in [0.1, 0.15) is 27.2 Å². The minimum Gasteiger partial charge on any atom is -0.337 e. The first kappa shape index (κ1) is 16.2. The van der Waals surface area contributed by atoms with Gasteiger partial charge in [-0.15, -0.1) is 0 Å². The molecule has 5 nitrogen and oxygen atoms in total. The van der Waals surface area contributed by atoms with Crippen molar-refractivity contribution in [2.24, 2.45) is 11.8 Å². The summed E-state index contributed by atoms with van der Waals surface area (Å²) in [5.41, 5.74) is 4.50. The lowest BCUT2D eigenvalue weighted by Crippen LogP contribution is -2.33. The summed E-state index contributed by atoms with van der Waals surface area (Å²) in [4.78, 5) is 25.2. The Labute approximate surface area is 148 Å². The fourth-order valence-corrected chi connectivity index (χ4v) is 4.38. The Morgan fingerprint density at radius 3 is 2.32 bits per heavy atom. The van der Waals surface area contributed by atoms with Gasteiger partial charge < -0.3 is 4.90 Å². The molecule has 2 atom stereocenters. The van der Waals surface area contributed by atoms with E-state index in [2.05, 4.69) is 46.9 Å². The average molecular weight is 336 g/mol. The van der Waals surface area contributed by atoms with Gasteiger partial charge in [0.05, 0.1) is 6.20 Å². The van der Waals surface area contributed by atoms with Gasteiger partial charge in [-0.25, -0.2) is 4.98 Å². The normalized spacial score (nSPS) is 23.0. The van der Waals surface area contributed by atoms with Crippen LogP contribution in [0.15, 0.2) is 36.8 Å². The molecular formula is C20H24N4O. The number of carbonyl (C=O) groups excluding carboxylic acids is 1. The summed E-state index contributed by atoms with van der Waals surface area (Å²) in [7, 11) is 0. The summed E-state index contributed by atoms with van der Waals surface area (Å²) in [6.07, 6.45) is 4.74. The highest BCUT2D eigenvalue weighted by atomic mass is 16.2.